The molecule has 21 heavy (non-hydrogen) atoms. The van der Waals surface area contributed by atoms with Crippen molar-refractivity contribution in [1.82, 2.24) is 15.3 Å². The van der Waals surface area contributed by atoms with E-state index in [0.717, 1.165) is 23.4 Å². The molecule has 2 N–H and O–H groups in total. The summed E-state index contributed by atoms with van der Waals surface area (Å²) >= 11 is 0. The van der Waals surface area contributed by atoms with E-state index in [4.69, 9.17) is 0 Å². The summed E-state index contributed by atoms with van der Waals surface area (Å²) in [6.45, 7) is 4.41. The molecule has 0 aliphatic rings. The number of hydrogen-bond donors (Lipinski definition) is 2. The maximum Gasteiger partial charge on any atom is 0.251 e. The Kier molecular flexibility index (Phi) is 4.87. The van der Waals surface area contributed by atoms with E-state index in [-0.39, 0.29) is 5.91 Å². The van der Waals surface area contributed by atoms with E-state index in [2.05, 4.69) is 20.6 Å². The first kappa shape index (κ1) is 15.0. The molecule has 0 aliphatic carbocycles. The number of pyridine rings is 2. The molecule has 0 saturated heterocycles. The zero-order valence-electron chi connectivity index (χ0n) is 12.6. The monoisotopic (exact) mass is 284 g/mol. The van der Waals surface area contributed by atoms with Gasteiger partial charge in [-0.25, -0.2) is 4.98 Å². The van der Waals surface area contributed by atoms with Gasteiger partial charge in [0, 0.05) is 36.7 Å². The average Bonchev–Trinajstić information content (AvgIpc) is 2.53. The molecule has 2 aromatic rings. The Morgan fingerprint density at radius 1 is 1.29 bits per heavy atom. The summed E-state index contributed by atoms with van der Waals surface area (Å²) in [5.41, 5.74) is 3.45. The van der Waals surface area contributed by atoms with Crippen molar-refractivity contribution < 1.29 is 4.79 Å². The molecule has 5 nitrogen and oxygen atoms in total. The second kappa shape index (κ2) is 6.83. The molecule has 0 spiro atoms. The minimum Gasteiger partial charge on any atom is -0.373 e. The number of hydrogen-bond acceptors (Lipinski definition) is 4. The van der Waals surface area contributed by atoms with Gasteiger partial charge in [0.1, 0.15) is 5.82 Å². The van der Waals surface area contributed by atoms with Crippen LogP contribution in [0.2, 0.25) is 0 Å². The van der Waals surface area contributed by atoms with Crippen molar-refractivity contribution in [3.63, 3.8) is 0 Å². The van der Waals surface area contributed by atoms with Crippen LogP contribution >= 0.6 is 0 Å². The highest BCUT2D eigenvalue weighted by molar-refractivity contribution is 5.94. The molecule has 0 atom stereocenters. The zero-order valence-corrected chi connectivity index (χ0v) is 12.6. The summed E-state index contributed by atoms with van der Waals surface area (Å²) in [4.78, 5) is 20.8. The van der Waals surface area contributed by atoms with Crippen molar-refractivity contribution in [3.8, 4) is 0 Å². The van der Waals surface area contributed by atoms with Gasteiger partial charge in [-0.15, -0.1) is 0 Å². The third-order valence-corrected chi connectivity index (χ3v) is 3.18. The smallest absolute Gasteiger partial charge is 0.251 e. The fourth-order valence-electron chi connectivity index (χ4n) is 1.92. The van der Waals surface area contributed by atoms with Crippen molar-refractivity contribution in [2.75, 3.05) is 12.4 Å². The maximum absolute atomic E-state index is 12.2. The fourth-order valence-corrected chi connectivity index (χ4v) is 1.92. The van der Waals surface area contributed by atoms with Crippen LogP contribution < -0.4 is 10.6 Å². The average molecular weight is 284 g/mol. The molecular weight excluding hydrogens is 264 g/mol. The number of anilines is 1. The van der Waals surface area contributed by atoms with E-state index in [9.17, 15) is 4.79 Å². The fraction of sp³-hybridized carbons (Fsp3) is 0.312. The van der Waals surface area contributed by atoms with E-state index in [1.165, 1.54) is 0 Å². The number of carbonyl (C=O) groups excluding carboxylic acids is 1. The Bertz CT molecular complexity index is 600. The minimum absolute atomic E-state index is 0.107. The normalized spacial score (nSPS) is 10.2. The van der Waals surface area contributed by atoms with Gasteiger partial charge in [-0.1, -0.05) is 13.0 Å². The third kappa shape index (κ3) is 4.02. The predicted molar refractivity (Wildman–Crippen MR) is 83.3 cm³/mol. The van der Waals surface area contributed by atoms with E-state index < -0.39 is 0 Å². The number of nitrogens with one attached hydrogen (secondary N) is 2. The summed E-state index contributed by atoms with van der Waals surface area (Å²) in [6.07, 6.45) is 2.57. The molecular formula is C16H20N4O. The van der Waals surface area contributed by atoms with Gasteiger partial charge in [0.25, 0.3) is 5.91 Å². The highest BCUT2D eigenvalue weighted by Crippen LogP contribution is 2.11. The molecule has 0 aliphatic heterocycles. The minimum atomic E-state index is -0.107. The maximum atomic E-state index is 12.2. The molecule has 2 rings (SSSR count). The summed E-state index contributed by atoms with van der Waals surface area (Å²) in [6, 6.07) is 7.47. The molecule has 0 aromatic carbocycles. The zero-order chi connectivity index (χ0) is 15.2. The molecule has 1 amide bonds. The van der Waals surface area contributed by atoms with Crippen LogP contribution in [0.3, 0.4) is 0 Å². The Balaban J connectivity index is 2.07. The van der Waals surface area contributed by atoms with Crippen LogP contribution in [0.15, 0.2) is 30.5 Å². The lowest BCUT2D eigenvalue weighted by atomic mass is 10.1. The molecule has 0 fully saturated rings. The second-order valence-electron chi connectivity index (χ2n) is 4.83. The first-order valence-electron chi connectivity index (χ1n) is 7.00. The number of carbonyl (C=O) groups is 1. The largest absolute Gasteiger partial charge is 0.373 e. The summed E-state index contributed by atoms with van der Waals surface area (Å²) < 4.78 is 0. The van der Waals surface area contributed by atoms with Crippen LogP contribution in [0, 0.1) is 6.92 Å². The summed E-state index contributed by atoms with van der Waals surface area (Å²) in [5.74, 6) is 0.598. The number of aryl methyl sites for hydroxylation is 2. The van der Waals surface area contributed by atoms with Gasteiger partial charge in [-0.2, -0.15) is 0 Å². The number of amides is 1. The summed E-state index contributed by atoms with van der Waals surface area (Å²) in [5, 5.41) is 5.88. The van der Waals surface area contributed by atoms with Gasteiger partial charge in [0.05, 0.1) is 0 Å². The Morgan fingerprint density at radius 2 is 2.10 bits per heavy atom. The van der Waals surface area contributed by atoms with Crippen molar-refractivity contribution in [2.24, 2.45) is 0 Å². The molecule has 0 bridgehead atoms. The SMILES string of the molecule is CCc1cc(C(=O)NCc2ccc(C)nc2)cc(NC)n1. The molecule has 110 valence electrons. The molecule has 2 heterocycles. The van der Waals surface area contributed by atoms with Crippen LogP contribution in [-0.4, -0.2) is 22.9 Å². The topological polar surface area (TPSA) is 66.9 Å². The number of rotatable bonds is 5. The molecule has 0 unspecified atom stereocenters. The number of nitrogens with zero attached hydrogens (tertiary/aromatic N) is 2. The summed E-state index contributed by atoms with van der Waals surface area (Å²) in [7, 11) is 1.79. The van der Waals surface area contributed by atoms with Gasteiger partial charge < -0.3 is 10.6 Å². The van der Waals surface area contributed by atoms with E-state index >= 15 is 0 Å². The van der Waals surface area contributed by atoms with Crippen LogP contribution in [0.4, 0.5) is 5.82 Å². The van der Waals surface area contributed by atoms with E-state index in [1.54, 1.807) is 19.3 Å². The van der Waals surface area contributed by atoms with E-state index in [0.29, 0.717) is 17.9 Å². The quantitative estimate of drug-likeness (QED) is 0.884. The second-order valence-corrected chi connectivity index (χ2v) is 4.83. The first-order valence-corrected chi connectivity index (χ1v) is 7.00. The molecule has 2 aromatic heterocycles. The van der Waals surface area contributed by atoms with Crippen LogP contribution in [0.25, 0.3) is 0 Å². The van der Waals surface area contributed by atoms with Gasteiger partial charge >= 0.3 is 0 Å². The van der Waals surface area contributed by atoms with Gasteiger partial charge in [0.15, 0.2) is 0 Å². The Hall–Kier alpha value is -2.43. The van der Waals surface area contributed by atoms with Crippen molar-refractivity contribution in [3.05, 3.63) is 53.0 Å². The lowest BCUT2D eigenvalue weighted by molar-refractivity contribution is 0.0950. The van der Waals surface area contributed by atoms with Crippen LogP contribution in [-0.2, 0) is 13.0 Å². The Labute approximate surface area is 124 Å². The lowest BCUT2D eigenvalue weighted by Gasteiger charge is -2.09. The molecule has 0 radical (unpaired) electrons. The Morgan fingerprint density at radius 3 is 2.71 bits per heavy atom. The highest BCUT2D eigenvalue weighted by atomic mass is 16.1. The first-order chi connectivity index (χ1) is 10.1. The predicted octanol–water partition coefficient (Wildman–Crippen LogP) is 2.32. The molecule has 0 saturated carbocycles. The highest BCUT2D eigenvalue weighted by Gasteiger charge is 2.09. The van der Waals surface area contributed by atoms with Gasteiger partial charge in [-0.05, 0) is 37.1 Å². The van der Waals surface area contributed by atoms with Crippen LogP contribution in [0.5, 0.6) is 0 Å². The molecule has 5 heteroatoms. The number of aromatic nitrogens is 2. The van der Waals surface area contributed by atoms with E-state index in [1.807, 2.05) is 32.0 Å². The van der Waals surface area contributed by atoms with Crippen molar-refractivity contribution in [1.29, 1.82) is 0 Å². The van der Waals surface area contributed by atoms with Gasteiger partial charge in [-0.3, -0.25) is 9.78 Å². The third-order valence-electron chi connectivity index (χ3n) is 3.18. The van der Waals surface area contributed by atoms with Gasteiger partial charge in [0.2, 0.25) is 0 Å². The lowest BCUT2D eigenvalue weighted by Crippen LogP contribution is -2.23. The van der Waals surface area contributed by atoms with Crippen LogP contribution in [0.1, 0.15) is 34.2 Å². The van der Waals surface area contributed by atoms with Crippen molar-refractivity contribution >= 4 is 11.7 Å². The van der Waals surface area contributed by atoms with Crippen molar-refractivity contribution in [2.45, 2.75) is 26.8 Å². The standard InChI is InChI=1S/C16H20N4O/c1-4-14-7-13(8-15(17-3)20-14)16(21)19-10-12-6-5-11(2)18-9-12/h5-9H,4,10H2,1-3H3,(H,17,20)(H,19,21).